The zero-order valence-corrected chi connectivity index (χ0v) is 21.1. The molecular weight excluding hydrogens is 416 g/mol. The van der Waals surface area contributed by atoms with Crippen molar-refractivity contribution in [2.75, 3.05) is 21.2 Å². The van der Waals surface area contributed by atoms with Crippen molar-refractivity contribution in [3.8, 4) is 0 Å². The van der Waals surface area contributed by atoms with Crippen LogP contribution < -0.4 is 9.80 Å². The number of amides is 2. The first-order valence-electron chi connectivity index (χ1n) is 11.0. The van der Waals surface area contributed by atoms with Gasteiger partial charge in [-0.15, -0.1) is 0 Å². The van der Waals surface area contributed by atoms with Gasteiger partial charge in [0.25, 0.3) is 0 Å². The van der Waals surface area contributed by atoms with Crippen LogP contribution in [0.1, 0.15) is 47.8 Å². The Hall–Kier alpha value is -3.12. The van der Waals surface area contributed by atoms with Crippen LogP contribution >= 0.6 is 0 Å². The summed E-state index contributed by atoms with van der Waals surface area (Å²) in [5.41, 5.74) is 3.93. The number of ether oxygens (including phenoxy) is 2. The molecule has 6 heteroatoms. The van der Waals surface area contributed by atoms with Crippen molar-refractivity contribution in [3.05, 3.63) is 77.1 Å². The number of alkyl carbamates (subject to hydrolysis) is 1. The molecule has 0 spiro atoms. The molecule has 0 radical (unpaired) electrons. The highest BCUT2D eigenvalue weighted by atomic mass is 16.6. The summed E-state index contributed by atoms with van der Waals surface area (Å²) in [6.45, 7) is 13.3. The van der Waals surface area contributed by atoms with Crippen molar-refractivity contribution in [3.63, 3.8) is 0 Å². The van der Waals surface area contributed by atoms with Gasteiger partial charge in [-0.1, -0.05) is 36.9 Å². The molecule has 0 heterocycles. The predicted molar refractivity (Wildman–Crippen MR) is 133 cm³/mol. The van der Waals surface area contributed by atoms with Crippen LogP contribution in [0.4, 0.5) is 10.5 Å². The summed E-state index contributed by atoms with van der Waals surface area (Å²) in [5.74, 6) is 0.474. The lowest BCUT2D eigenvalue weighted by molar-refractivity contribution is 0.0497. The molecule has 1 atom stereocenters. The molecule has 33 heavy (non-hydrogen) atoms. The molecule has 0 saturated carbocycles. The molecule has 2 rings (SSSR count). The average molecular weight is 454 g/mol. The van der Waals surface area contributed by atoms with Gasteiger partial charge in [0, 0.05) is 0 Å². The van der Waals surface area contributed by atoms with Crippen LogP contribution in [0.5, 0.6) is 0 Å². The van der Waals surface area contributed by atoms with Crippen molar-refractivity contribution in [2.24, 2.45) is 0 Å². The topological polar surface area (TPSA) is 64.6 Å². The monoisotopic (exact) mass is 453 g/mol. The Morgan fingerprint density at radius 2 is 1.58 bits per heavy atom. The molecular formula is C27H37N2O4+. The van der Waals surface area contributed by atoms with E-state index >= 15 is 0 Å². The van der Waals surface area contributed by atoms with Crippen LogP contribution in [0.25, 0.3) is 0 Å². The van der Waals surface area contributed by atoms with Gasteiger partial charge in [0.05, 0.1) is 32.8 Å². The molecule has 2 amide bonds. The number of carbonyl (C=O) groups is 2. The molecule has 0 fully saturated rings. The Morgan fingerprint density at radius 1 is 1.03 bits per heavy atom. The van der Waals surface area contributed by atoms with Gasteiger partial charge in [0.15, 0.2) is 0 Å². The summed E-state index contributed by atoms with van der Waals surface area (Å²) in [5, 5.41) is 2.83. The fourth-order valence-electron chi connectivity index (χ4n) is 3.63. The minimum absolute atomic E-state index is 0.0376. The molecule has 0 aliphatic carbocycles. The van der Waals surface area contributed by atoms with Crippen molar-refractivity contribution >= 4 is 17.7 Å². The lowest BCUT2D eigenvalue weighted by atomic mass is 10.00. The molecule has 178 valence electrons. The maximum atomic E-state index is 13.4. The van der Waals surface area contributed by atoms with Crippen molar-refractivity contribution in [1.82, 2.24) is 9.80 Å². The van der Waals surface area contributed by atoms with E-state index in [0.717, 1.165) is 27.9 Å². The van der Waals surface area contributed by atoms with Crippen molar-refractivity contribution in [2.45, 2.75) is 52.7 Å². The lowest BCUT2D eigenvalue weighted by Gasteiger charge is -2.28. The van der Waals surface area contributed by atoms with E-state index in [4.69, 9.17) is 9.47 Å². The fraction of sp³-hybridized carbons (Fsp3) is 0.407. The molecule has 0 bridgehead atoms. The van der Waals surface area contributed by atoms with E-state index in [1.165, 1.54) is 7.11 Å². The number of rotatable bonds is 7. The summed E-state index contributed by atoms with van der Waals surface area (Å²) in [7, 11) is 5.31. The Morgan fingerprint density at radius 3 is 2.06 bits per heavy atom. The van der Waals surface area contributed by atoms with Crippen LogP contribution in [0, 0.1) is 13.8 Å². The first kappa shape index (κ1) is 26.1. The van der Waals surface area contributed by atoms with Crippen LogP contribution in [-0.4, -0.2) is 44.8 Å². The molecule has 0 aliphatic heterocycles. The smallest absolute Gasteiger partial charge is 0.408 e. The first-order chi connectivity index (χ1) is 15.3. The highest BCUT2D eigenvalue weighted by molar-refractivity contribution is 6.03. The van der Waals surface area contributed by atoms with E-state index in [1.807, 2.05) is 91.2 Å². The number of carbonyl (C=O) groups excluding carboxylic acids is 2. The third kappa shape index (κ3) is 6.68. The van der Waals surface area contributed by atoms with Crippen LogP contribution in [0.2, 0.25) is 0 Å². The fourth-order valence-corrected chi connectivity index (χ4v) is 3.63. The minimum atomic E-state index is -0.601. The van der Waals surface area contributed by atoms with E-state index in [2.05, 4.69) is 11.9 Å². The third-order valence-corrected chi connectivity index (χ3v) is 5.57. The number of quaternary nitrogens is 1. The third-order valence-electron chi connectivity index (χ3n) is 5.57. The number of hydrogen-bond donors (Lipinski definition) is 1. The second kappa shape index (κ2) is 10.2. The van der Waals surface area contributed by atoms with E-state index in [0.29, 0.717) is 12.2 Å². The molecule has 0 aromatic heterocycles. The van der Waals surface area contributed by atoms with E-state index in [9.17, 15) is 9.59 Å². The molecule has 0 aliphatic rings. The highest BCUT2D eigenvalue weighted by Gasteiger charge is 2.33. The SMILES string of the molecule is C=C(OC)C(Cc1ccc([N+](C)(C)C(=O)c2c(C)cccc2C)cc1)NC(=O)OC(C)(C)C. The number of methoxy groups -OCH3 is 1. The van der Waals surface area contributed by atoms with Gasteiger partial charge >= 0.3 is 12.0 Å². The molecule has 1 unspecified atom stereocenters. The molecule has 6 nitrogen and oxygen atoms in total. The summed E-state index contributed by atoms with van der Waals surface area (Å²) < 4.78 is 10.7. The van der Waals surface area contributed by atoms with Crippen LogP contribution in [0.15, 0.2) is 54.8 Å². The zero-order valence-electron chi connectivity index (χ0n) is 21.1. The van der Waals surface area contributed by atoms with E-state index < -0.39 is 17.7 Å². The Balaban J connectivity index is 2.22. The van der Waals surface area contributed by atoms with E-state index in [1.54, 1.807) is 0 Å². The van der Waals surface area contributed by atoms with Gasteiger partial charge in [-0.05, 0) is 69.9 Å². The largest absolute Gasteiger partial charge is 0.500 e. The normalized spacial score (nSPS) is 12.6. The highest BCUT2D eigenvalue weighted by Crippen LogP contribution is 2.26. The summed E-state index contributed by atoms with van der Waals surface area (Å²) in [6, 6.07) is 13.2. The van der Waals surface area contributed by atoms with Gasteiger partial charge in [0.1, 0.15) is 17.0 Å². The van der Waals surface area contributed by atoms with Gasteiger partial charge in [-0.3, -0.25) is 0 Å². The second-order valence-corrected chi connectivity index (χ2v) is 9.77. The number of nitrogens with zero attached hydrogens (tertiary/aromatic N) is 1. The van der Waals surface area contributed by atoms with Crippen LogP contribution in [0.3, 0.4) is 0 Å². The summed E-state index contributed by atoms with van der Waals surface area (Å²) in [6.07, 6.45) is -0.0518. The quantitative estimate of drug-likeness (QED) is 0.456. The van der Waals surface area contributed by atoms with Gasteiger partial charge in [-0.25, -0.2) is 14.1 Å². The Kier molecular flexibility index (Phi) is 8.09. The zero-order chi connectivity index (χ0) is 25.0. The standard InChI is InChI=1S/C27H36N2O4/c1-18-11-10-12-19(2)24(18)25(30)29(7,8)22-15-13-21(14-16-22)17-23(20(3)32-9)28-26(31)33-27(4,5)6/h10-16,23H,3,17H2,1-2,4-9H3/p+1. The van der Waals surface area contributed by atoms with Gasteiger partial charge in [0.2, 0.25) is 0 Å². The van der Waals surface area contributed by atoms with Gasteiger partial charge < -0.3 is 14.8 Å². The minimum Gasteiger partial charge on any atom is -0.500 e. The summed E-state index contributed by atoms with van der Waals surface area (Å²) >= 11 is 0. The van der Waals surface area contributed by atoms with Crippen LogP contribution in [-0.2, 0) is 15.9 Å². The predicted octanol–water partition coefficient (Wildman–Crippen LogP) is 5.31. The van der Waals surface area contributed by atoms with Gasteiger partial charge in [-0.2, -0.15) is 0 Å². The maximum absolute atomic E-state index is 13.4. The lowest BCUT2D eigenvalue weighted by Crippen LogP contribution is -2.47. The molecule has 0 saturated heterocycles. The number of aryl methyl sites for hydroxylation is 2. The first-order valence-corrected chi connectivity index (χ1v) is 11.0. The van der Waals surface area contributed by atoms with Crippen molar-refractivity contribution < 1.29 is 19.1 Å². The number of benzene rings is 2. The number of nitrogens with one attached hydrogen (secondary N) is 1. The maximum Gasteiger partial charge on any atom is 0.408 e. The second-order valence-electron chi connectivity index (χ2n) is 9.77. The molecule has 1 N–H and O–H groups in total. The van der Waals surface area contributed by atoms with Crippen molar-refractivity contribution in [1.29, 1.82) is 0 Å². The van der Waals surface area contributed by atoms with E-state index in [-0.39, 0.29) is 10.4 Å². The number of hydrogen-bond acceptors (Lipinski definition) is 4. The average Bonchev–Trinajstić information content (AvgIpc) is 2.71. The molecule has 2 aromatic rings. The summed E-state index contributed by atoms with van der Waals surface area (Å²) in [4.78, 5) is 25.7. The Labute approximate surface area is 197 Å². The Bertz CT molecular complexity index is 997. The molecule has 2 aromatic carbocycles.